The molecule has 0 saturated heterocycles. The van der Waals surface area contributed by atoms with Gasteiger partial charge in [-0.25, -0.2) is 9.07 Å². The first-order chi connectivity index (χ1) is 18.8. The van der Waals surface area contributed by atoms with Crippen molar-refractivity contribution in [3.63, 3.8) is 0 Å². The molecule has 39 heavy (non-hydrogen) atoms. The fourth-order valence-electron chi connectivity index (χ4n) is 4.25. The van der Waals surface area contributed by atoms with Crippen molar-refractivity contribution in [1.82, 2.24) is 20.3 Å². The van der Waals surface area contributed by atoms with E-state index in [0.29, 0.717) is 46.2 Å². The van der Waals surface area contributed by atoms with Crippen LogP contribution in [0.4, 0.5) is 10.1 Å². The van der Waals surface area contributed by atoms with Crippen LogP contribution in [0.3, 0.4) is 0 Å². The molecular weight excluding hydrogens is 501 g/mol. The summed E-state index contributed by atoms with van der Waals surface area (Å²) < 4.78 is 26.3. The van der Waals surface area contributed by atoms with Crippen LogP contribution in [0, 0.1) is 11.7 Å². The molecule has 4 aromatic rings. The zero-order valence-electron chi connectivity index (χ0n) is 22.4. The number of ether oxygens (including phenoxy) is 2. The van der Waals surface area contributed by atoms with E-state index in [1.807, 2.05) is 18.2 Å². The fraction of sp³-hybridized carbons (Fsp3) is 0.310. The van der Waals surface area contributed by atoms with Gasteiger partial charge in [0.2, 0.25) is 11.8 Å². The molecule has 1 N–H and O–H groups in total. The molecule has 0 fully saturated rings. The van der Waals surface area contributed by atoms with E-state index in [1.54, 1.807) is 24.3 Å². The number of carbonyl (C=O) groups is 2. The van der Waals surface area contributed by atoms with Gasteiger partial charge in [0.05, 0.1) is 25.4 Å². The average Bonchev–Trinajstić information content (AvgIpc) is 3.34. The minimum atomic E-state index is -1.11. The number of aromatic nitrogens is 3. The molecule has 4 rings (SSSR count). The SMILES string of the molecule is COc1cc(OC)cc(N(C(=O)Cn2nnc3ccccc32)[C@@H](C(=O)NCCC(C)C)c2ccc(F)cc2)c1. The highest BCUT2D eigenvalue weighted by molar-refractivity contribution is 6.01. The first-order valence-corrected chi connectivity index (χ1v) is 12.7. The molecule has 0 spiro atoms. The monoisotopic (exact) mass is 533 g/mol. The molecule has 1 aromatic heterocycles. The van der Waals surface area contributed by atoms with Crippen LogP contribution in [0.5, 0.6) is 11.5 Å². The predicted octanol–water partition coefficient (Wildman–Crippen LogP) is 4.52. The second kappa shape index (κ2) is 12.4. The Morgan fingerprint density at radius 1 is 1.00 bits per heavy atom. The molecular formula is C29H32FN5O4. The number of hydrogen-bond donors (Lipinski definition) is 1. The Morgan fingerprint density at radius 2 is 1.67 bits per heavy atom. The number of anilines is 1. The van der Waals surface area contributed by atoms with Crippen molar-refractivity contribution >= 4 is 28.5 Å². The third-order valence-corrected chi connectivity index (χ3v) is 6.30. The van der Waals surface area contributed by atoms with Crippen molar-refractivity contribution in [1.29, 1.82) is 0 Å². The van der Waals surface area contributed by atoms with Crippen LogP contribution in [0.25, 0.3) is 11.0 Å². The lowest BCUT2D eigenvalue weighted by molar-refractivity contribution is -0.127. The number of nitrogens with zero attached hydrogens (tertiary/aromatic N) is 4. The second-order valence-corrected chi connectivity index (χ2v) is 9.50. The minimum Gasteiger partial charge on any atom is -0.497 e. The van der Waals surface area contributed by atoms with Crippen molar-refractivity contribution in [3.05, 3.63) is 78.1 Å². The quantitative estimate of drug-likeness (QED) is 0.304. The number of rotatable bonds is 11. The van der Waals surface area contributed by atoms with E-state index in [1.165, 1.54) is 48.1 Å². The van der Waals surface area contributed by atoms with Gasteiger partial charge in [-0.2, -0.15) is 0 Å². The number of fused-ring (bicyclic) bond motifs is 1. The second-order valence-electron chi connectivity index (χ2n) is 9.50. The van der Waals surface area contributed by atoms with Gasteiger partial charge in [0, 0.05) is 24.7 Å². The van der Waals surface area contributed by atoms with E-state index < -0.39 is 23.7 Å². The van der Waals surface area contributed by atoms with E-state index >= 15 is 0 Å². The average molecular weight is 534 g/mol. The molecule has 9 nitrogen and oxygen atoms in total. The van der Waals surface area contributed by atoms with Crippen molar-refractivity contribution in [3.8, 4) is 11.5 Å². The van der Waals surface area contributed by atoms with E-state index in [4.69, 9.17) is 9.47 Å². The maximum absolute atomic E-state index is 14.1. The summed E-state index contributed by atoms with van der Waals surface area (Å²) >= 11 is 0. The largest absolute Gasteiger partial charge is 0.497 e. The summed E-state index contributed by atoms with van der Waals surface area (Å²) in [5, 5.41) is 11.3. The number of benzene rings is 3. The zero-order valence-corrected chi connectivity index (χ0v) is 22.4. The van der Waals surface area contributed by atoms with Gasteiger partial charge < -0.3 is 14.8 Å². The van der Waals surface area contributed by atoms with Crippen molar-refractivity contribution in [2.24, 2.45) is 5.92 Å². The molecule has 0 aliphatic rings. The summed E-state index contributed by atoms with van der Waals surface area (Å²) in [6, 6.07) is 16.7. The molecule has 1 heterocycles. The highest BCUT2D eigenvalue weighted by atomic mass is 19.1. The number of halogens is 1. The minimum absolute atomic E-state index is 0.197. The van der Waals surface area contributed by atoms with E-state index in [2.05, 4.69) is 29.5 Å². The normalized spacial score (nSPS) is 11.8. The van der Waals surface area contributed by atoms with Crippen LogP contribution in [0.15, 0.2) is 66.7 Å². The summed E-state index contributed by atoms with van der Waals surface area (Å²) in [7, 11) is 3.00. The highest BCUT2D eigenvalue weighted by Crippen LogP contribution is 2.34. The molecule has 0 saturated carbocycles. The Morgan fingerprint density at radius 3 is 2.31 bits per heavy atom. The van der Waals surface area contributed by atoms with Crippen LogP contribution in [-0.2, 0) is 16.1 Å². The van der Waals surface area contributed by atoms with Crippen LogP contribution in [-0.4, -0.2) is 47.6 Å². The Hall–Kier alpha value is -4.47. The standard InChI is InChI=1S/C29H32FN5O4/c1-19(2)13-14-31-29(37)28(20-9-11-21(30)12-10-20)35(22-15-23(38-3)17-24(16-22)39-4)27(36)18-34-26-8-6-5-7-25(26)32-33-34/h5-12,15-17,19,28H,13-14,18H2,1-4H3,(H,31,37)/t28-/m1/s1. The van der Waals surface area contributed by atoms with E-state index in [9.17, 15) is 14.0 Å². The van der Waals surface area contributed by atoms with Crippen LogP contribution in [0.1, 0.15) is 31.9 Å². The molecule has 0 aliphatic heterocycles. The maximum Gasteiger partial charge on any atom is 0.249 e. The topological polar surface area (TPSA) is 98.6 Å². The molecule has 0 radical (unpaired) electrons. The van der Waals surface area contributed by atoms with Gasteiger partial charge in [0.15, 0.2) is 0 Å². The maximum atomic E-state index is 14.1. The molecule has 2 amide bonds. The third kappa shape index (κ3) is 6.51. The predicted molar refractivity (Wildman–Crippen MR) is 146 cm³/mol. The first kappa shape index (κ1) is 27.6. The van der Waals surface area contributed by atoms with Gasteiger partial charge in [0.1, 0.15) is 35.4 Å². The van der Waals surface area contributed by atoms with Crippen LogP contribution < -0.4 is 19.7 Å². The molecule has 204 valence electrons. The summed E-state index contributed by atoms with van der Waals surface area (Å²) in [6.07, 6.45) is 0.758. The molecule has 1 atom stereocenters. The van der Waals surface area contributed by atoms with Gasteiger partial charge in [-0.05, 0) is 42.2 Å². The fourth-order valence-corrected chi connectivity index (χ4v) is 4.25. The van der Waals surface area contributed by atoms with Gasteiger partial charge in [0.25, 0.3) is 0 Å². The summed E-state index contributed by atoms with van der Waals surface area (Å²) in [5.41, 5.74) is 2.13. The molecule has 0 unspecified atom stereocenters. The lowest BCUT2D eigenvalue weighted by atomic mass is 10.0. The van der Waals surface area contributed by atoms with Crippen molar-refractivity contribution < 1.29 is 23.5 Å². The summed E-state index contributed by atoms with van der Waals surface area (Å²) in [6.45, 7) is 4.34. The lowest BCUT2D eigenvalue weighted by Gasteiger charge is -2.32. The molecule has 10 heteroatoms. The van der Waals surface area contributed by atoms with Gasteiger partial charge >= 0.3 is 0 Å². The highest BCUT2D eigenvalue weighted by Gasteiger charge is 2.34. The van der Waals surface area contributed by atoms with E-state index in [0.717, 1.165) is 6.42 Å². The number of methoxy groups -OCH3 is 2. The van der Waals surface area contributed by atoms with Gasteiger partial charge in [-0.1, -0.05) is 43.3 Å². The number of nitrogens with one attached hydrogen (secondary N) is 1. The molecule has 0 aliphatic carbocycles. The van der Waals surface area contributed by atoms with Gasteiger partial charge in [-0.3, -0.25) is 14.5 Å². The van der Waals surface area contributed by atoms with Crippen molar-refractivity contribution in [2.75, 3.05) is 25.7 Å². The summed E-state index contributed by atoms with van der Waals surface area (Å²) in [5.74, 6) is -0.0451. The van der Waals surface area contributed by atoms with E-state index in [-0.39, 0.29) is 6.54 Å². The third-order valence-electron chi connectivity index (χ3n) is 6.30. The number of amides is 2. The molecule has 3 aromatic carbocycles. The Balaban J connectivity index is 1.83. The van der Waals surface area contributed by atoms with Gasteiger partial charge in [-0.15, -0.1) is 5.10 Å². The Bertz CT molecular complexity index is 1420. The van der Waals surface area contributed by atoms with Crippen LogP contribution >= 0.6 is 0 Å². The Labute approximate surface area is 226 Å². The lowest BCUT2D eigenvalue weighted by Crippen LogP contribution is -2.45. The number of para-hydroxylation sites is 1. The van der Waals surface area contributed by atoms with Crippen LogP contribution in [0.2, 0.25) is 0 Å². The molecule has 0 bridgehead atoms. The van der Waals surface area contributed by atoms with Crippen molar-refractivity contribution in [2.45, 2.75) is 32.9 Å². The first-order valence-electron chi connectivity index (χ1n) is 12.7. The number of hydrogen-bond acceptors (Lipinski definition) is 6. The summed E-state index contributed by atoms with van der Waals surface area (Å²) in [4.78, 5) is 29.3. The number of carbonyl (C=O) groups excluding carboxylic acids is 2. The smallest absolute Gasteiger partial charge is 0.249 e. The Kier molecular flexibility index (Phi) is 8.75. The zero-order chi connectivity index (χ0) is 27.9.